The fourth-order valence-corrected chi connectivity index (χ4v) is 3.08. The molecule has 1 aliphatic carbocycles. The van der Waals surface area contributed by atoms with Crippen molar-refractivity contribution in [1.29, 1.82) is 0 Å². The highest BCUT2D eigenvalue weighted by Gasteiger charge is 2.28. The van der Waals surface area contributed by atoms with Crippen LogP contribution in [0.4, 0.5) is 0 Å². The van der Waals surface area contributed by atoms with Gasteiger partial charge in [0.2, 0.25) is 0 Å². The van der Waals surface area contributed by atoms with Gasteiger partial charge in [-0.3, -0.25) is 4.79 Å². The van der Waals surface area contributed by atoms with Crippen LogP contribution in [0.5, 0.6) is 5.75 Å². The van der Waals surface area contributed by atoms with E-state index in [1.54, 1.807) is 29.2 Å². The number of nitrogens with zero attached hydrogens (tertiary/aromatic N) is 4. The summed E-state index contributed by atoms with van der Waals surface area (Å²) < 4.78 is 7.56. The maximum Gasteiger partial charge on any atom is 0.275 e. The van der Waals surface area contributed by atoms with Crippen molar-refractivity contribution < 1.29 is 9.53 Å². The van der Waals surface area contributed by atoms with E-state index in [-0.39, 0.29) is 12.5 Å². The molecule has 0 radical (unpaired) electrons. The molecule has 8 heteroatoms. The smallest absolute Gasteiger partial charge is 0.275 e. The lowest BCUT2D eigenvalue weighted by Gasteiger charge is -2.12. The zero-order chi connectivity index (χ0) is 20.1. The minimum absolute atomic E-state index is 0.271. The molecule has 0 atom stereocenters. The number of rotatable bonds is 8. The van der Waals surface area contributed by atoms with E-state index in [9.17, 15) is 4.79 Å². The van der Waals surface area contributed by atoms with Crippen LogP contribution in [0.1, 0.15) is 28.8 Å². The topological polar surface area (TPSA) is 81.4 Å². The molecule has 1 saturated carbocycles. The van der Waals surface area contributed by atoms with Crippen LogP contribution in [0.3, 0.4) is 0 Å². The molecular formula is C21H20ClN5O2. The predicted octanol–water partition coefficient (Wildman–Crippen LogP) is 3.71. The van der Waals surface area contributed by atoms with Gasteiger partial charge in [0.1, 0.15) is 25.0 Å². The Morgan fingerprint density at radius 1 is 1.21 bits per heavy atom. The first kappa shape index (κ1) is 19.1. The Morgan fingerprint density at radius 3 is 2.76 bits per heavy atom. The minimum Gasteiger partial charge on any atom is -0.488 e. The highest BCUT2D eigenvalue weighted by atomic mass is 35.5. The number of hydrogen-bond acceptors (Lipinski definition) is 5. The summed E-state index contributed by atoms with van der Waals surface area (Å²) in [6.07, 6.45) is 5.26. The van der Waals surface area contributed by atoms with Crippen LogP contribution in [0, 0.1) is 5.92 Å². The van der Waals surface area contributed by atoms with E-state index >= 15 is 0 Å². The number of nitrogens with one attached hydrogen (secondary N) is 1. The van der Waals surface area contributed by atoms with Crippen molar-refractivity contribution in [1.82, 2.24) is 20.2 Å². The molecule has 1 amide bonds. The van der Waals surface area contributed by atoms with E-state index < -0.39 is 0 Å². The van der Waals surface area contributed by atoms with Crippen molar-refractivity contribution in [3.63, 3.8) is 0 Å². The molecule has 1 heterocycles. The first-order chi connectivity index (χ1) is 14.2. The third-order valence-corrected chi connectivity index (χ3v) is 4.98. The summed E-state index contributed by atoms with van der Waals surface area (Å²) >= 11 is 6.18. The molecule has 1 aliphatic rings. The van der Waals surface area contributed by atoms with Crippen LogP contribution in [-0.2, 0) is 13.2 Å². The summed E-state index contributed by atoms with van der Waals surface area (Å²) in [7, 11) is 0. The molecule has 2 aromatic carbocycles. The molecule has 1 N–H and O–H groups in total. The lowest BCUT2D eigenvalue weighted by molar-refractivity contribution is 0.0950. The molecule has 3 aromatic rings. The van der Waals surface area contributed by atoms with E-state index in [2.05, 4.69) is 20.6 Å². The van der Waals surface area contributed by atoms with Gasteiger partial charge in [-0.1, -0.05) is 41.9 Å². The second-order valence-corrected chi connectivity index (χ2v) is 7.19. The Balaban J connectivity index is 1.45. The van der Waals surface area contributed by atoms with Crippen molar-refractivity contribution in [2.45, 2.75) is 26.0 Å². The minimum atomic E-state index is -0.323. The zero-order valence-electron chi connectivity index (χ0n) is 15.7. The van der Waals surface area contributed by atoms with Crippen molar-refractivity contribution in [3.05, 3.63) is 77.3 Å². The molecule has 0 bridgehead atoms. The summed E-state index contributed by atoms with van der Waals surface area (Å²) in [4.78, 5) is 16.7. The molecule has 7 nitrogen and oxygen atoms in total. The van der Waals surface area contributed by atoms with Crippen LogP contribution < -0.4 is 10.2 Å². The molecule has 0 unspecified atom stereocenters. The second-order valence-electron chi connectivity index (χ2n) is 6.79. The van der Waals surface area contributed by atoms with Crippen molar-refractivity contribution >= 4 is 23.2 Å². The number of hydrazone groups is 1. The number of amides is 1. The van der Waals surface area contributed by atoms with Crippen LogP contribution in [-0.4, -0.2) is 26.4 Å². The van der Waals surface area contributed by atoms with Gasteiger partial charge in [-0.2, -0.15) is 10.2 Å². The Morgan fingerprint density at radius 2 is 2.00 bits per heavy atom. The van der Waals surface area contributed by atoms with Gasteiger partial charge in [0.15, 0.2) is 0 Å². The highest BCUT2D eigenvalue weighted by molar-refractivity contribution is 6.31. The standard InChI is InChI=1S/C21H20ClN5O2/c22-18-7-3-1-5-16(18)12-29-20-8-4-2-6-17(20)21(28)26-25-19(15-9-10-15)11-27-14-23-13-24-27/h1-8,13-15H,9-12H2,(H,26,28)/b25-19+. The molecule has 4 rings (SSSR count). The Bertz CT molecular complexity index is 1020. The van der Waals surface area contributed by atoms with Gasteiger partial charge in [-0.15, -0.1) is 0 Å². The Labute approximate surface area is 173 Å². The lowest BCUT2D eigenvalue weighted by atomic mass is 10.2. The molecule has 0 spiro atoms. The molecule has 1 aromatic heterocycles. The average molecular weight is 410 g/mol. The summed E-state index contributed by atoms with van der Waals surface area (Å²) in [6.45, 7) is 0.780. The van der Waals surface area contributed by atoms with Crippen molar-refractivity contribution in [2.75, 3.05) is 0 Å². The van der Waals surface area contributed by atoms with Gasteiger partial charge >= 0.3 is 0 Å². The third kappa shape index (κ3) is 5.00. The van der Waals surface area contributed by atoms with E-state index in [1.807, 2.05) is 30.3 Å². The van der Waals surface area contributed by atoms with Gasteiger partial charge in [-0.25, -0.2) is 15.1 Å². The number of aromatic nitrogens is 3. The van der Waals surface area contributed by atoms with Crippen LogP contribution >= 0.6 is 11.6 Å². The fourth-order valence-electron chi connectivity index (χ4n) is 2.89. The molecule has 29 heavy (non-hydrogen) atoms. The molecular weight excluding hydrogens is 390 g/mol. The van der Waals surface area contributed by atoms with Gasteiger partial charge in [0.05, 0.1) is 17.8 Å². The summed E-state index contributed by atoms with van der Waals surface area (Å²) in [6, 6.07) is 14.5. The van der Waals surface area contributed by atoms with E-state index in [4.69, 9.17) is 16.3 Å². The van der Waals surface area contributed by atoms with E-state index in [0.717, 1.165) is 24.1 Å². The van der Waals surface area contributed by atoms with Gasteiger partial charge < -0.3 is 4.74 Å². The summed E-state index contributed by atoms with van der Waals surface area (Å²) in [5.74, 6) is 0.534. The van der Waals surface area contributed by atoms with E-state index in [1.165, 1.54) is 6.33 Å². The summed E-state index contributed by atoms with van der Waals surface area (Å²) in [5, 5.41) is 9.10. The number of para-hydroxylation sites is 1. The summed E-state index contributed by atoms with van der Waals surface area (Å²) in [5.41, 5.74) is 4.82. The first-order valence-corrected chi connectivity index (χ1v) is 9.73. The molecule has 1 fully saturated rings. The number of halogens is 1. The van der Waals surface area contributed by atoms with Crippen LogP contribution in [0.15, 0.2) is 66.3 Å². The third-order valence-electron chi connectivity index (χ3n) is 4.61. The largest absolute Gasteiger partial charge is 0.488 e. The van der Waals surface area contributed by atoms with Gasteiger partial charge in [-0.05, 0) is 31.0 Å². The first-order valence-electron chi connectivity index (χ1n) is 9.35. The fraction of sp³-hybridized carbons (Fsp3) is 0.238. The highest BCUT2D eigenvalue weighted by Crippen LogP contribution is 2.31. The number of benzene rings is 2. The maximum atomic E-state index is 12.7. The van der Waals surface area contributed by atoms with Crippen LogP contribution in [0.25, 0.3) is 0 Å². The predicted molar refractivity (Wildman–Crippen MR) is 110 cm³/mol. The normalized spacial score (nSPS) is 13.9. The average Bonchev–Trinajstić information content (AvgIpc) is 3.46. The number of carbonyl (C=O) groups is 1. The zero-order valence-corrected chi connectivity index (χ0v) is 16.4. The van der Waals surface area contributed by atoms with Crippen LogP contribution in [0.2, 0.25) is 5.02 Å². The second kappa shape index (κ2) is 8.87. The van der Waals surface area contributed by atoms with Gasteiger partial charge in [0, 0.05) is 16.5 Å². The van der Waals surface area contributed by atoms with Crippen molar-refractivity contribution in [3.8, 4) is 5.75 Å². The Kier molecular flexibility index (Phi) is 5.86. The number of ether oxygens (including phenoxy) is 1. The molecule has 0 saturated heterocycles. The maximum absolute atomic E-state index is 12.7. The number of carbonyl (C=O) groups excluding carboxylic acids is 1. The van der Waals surface area contributed by atoms with Crippen molar-refractivity contribution in [2.24, 2.45) is 11.0 Å². The lowest BCUT2D eigenvalue weighted by Crippen LogP contribution is -2.23. The van der Waals surface area contributed by atoms with Gasteiger partial charge in [0.25, 0.3) is 5.91 Å². The quantitative estimate of drug-likeness (QED) is 0.454. The molecule has 0 aliphatic heterocycles. The SMILES string of the molecule is O=C(N/N=C(\Cn1cncn1)C1CC1)c1ccccc1OCc1ccccc1Cl. The number of hydrogen-bond donors (Lipinski definition) is 1. The molecule has 148 valence electrons. The Hall–Kier alpha value is -3.19. The monoisotopic (exact) mass is 409 g/mol. The van der Waals surface area contributed by atoms with E-state index in [0.29, 0.717) is 28.8 Å².